The molecule has 1 fully saturated rings. The van der Waals surface area contributed by atoms with E-state index in [4.69, 9.17) is 0 Å². The molecule has 26 heteroatoms. The molecule has 39 heavy (non-hydrogen) atoms. The molecule has 0 amide bonds. The van der Waals surface area contributed by atoms with Crippen molar-refractivity contribution < 1.29 is 114 Å². The van der Waals surface area contributed by atoms with Crippen LogP contribution in [0, 0.1) is 16.2 Å². The Morgan fingerprint density at radius 2 is 0.436 bits per heavy atom. The van der Waals surface area contributed by atoms with Crippen molar-refractivity contribution in [3.63, 3.8) is 0 Å². The largest absolute Gasteiger partial charge is 0.430 e. The van der Waals surface area contributed by atoms with E-state index in [1.54, 1.807) is 0 Å². The van der Waals surface area contributed by atoms with Gasteiger partial charge in [0.25, 0.3) is 11.1 Å². The highest BCUT2D eigenvalue weighted by Crippen LogP contribution is 2.92. The summed E-state index contributed by atoms with van der Waals surface area (Å²) < 4.78 is 356. The van der Waals surface area contributed by atoms with Crippen LogP contribution >= 0.6 is 0 Å². The molecule has 1 aliphatic carbocycles. The summed E-state index contributed by atoms with van der Waals surface area (Å²) >= 11 is 0. The van der Waals surface area contributed by atoms with Crippen LogP contribution in [0.25, 0.3) is 0 Å². The SMILES string of the molecule is FC(F)(F)C1(F)C(F)(F)C(F)(F)C(C(F)(F)F)(C(F)(F)F)C(C(F)(F)F)(C(F)(F)F)C1(C(F)(F)F)C(F)(F)F. The van der Waals surface area contributed by atoms with E-state index in [9.17, 15) is 114 Å². The van der Waals surface area contributed by atoms with E-state index in [1.165, 1.54) is 0 Å². The number of hydrogen-bond donors (Lipinski definition) is 0. The summed E-state index contributed by atoms with van der Waals surface area (Å²) in [5.41, 5.74) is -42.6. The van der Waals surface area contributed by atoms with Gasteiger partial charge >= 0.3 is 55.1 Å². The van der Waals surface area contributed by atoms with Crippen molar-refractivity contribution in [2.45, 2.75) is 60.7 Å². The molecule has 1 saturated carbocycles. The quantitative estimate of drug-likeness (QED) is 0.230. The van der Waals surface area contributed by atoms with Crippen LogP contribution in [0.15, 0.2) is 0 Å². The van der Waals surface area contributed by atoms with Gasteiger partial charge in [0.05, 0.1) is 0 Å². The zero-order chi connectivity index (χ0) is 32.5. The molecule has 1 atom stereocenters. The third-order valence-electron chi connectivity index (χ3n) is 5.88. The highest BCUT2D eigenvalue weighted by molar-refractivity contribution is 5.40. The molecule has 234 valence electrons. The normalized spacial score (nSPS) is 27.8. The molecule has 0 nitrogen and oxygen atoms in total. The smallest absolute Gasteiger partial charge is 0.225 e. The van der Waals surface area contributed by atoms with Crippen LogP contribution in [-0.2, 0) is 0 Å². The van der Waals surface area contributed by atoms with Gasteiger partial charge in [-0.05, 0) is 0 Å². The molecule has 1 rings (SSSR count). The molecule has 0 heterocycles. The number of halogens is 26. The number of hydrogen-bond acceptors (Lipinski definition) is 0. The van der Waals surface area contributed by atoms with Crippen molar-refractivity contribution >= 4 is 0 Å². The molecule has 0 spiro atoms. The van der Waals surface area contributed by atoms with Gasteiger partial charge in [0.1, 0.15) is 0 Å². The maximum atomic E-state index is 14.8. The highest BCUT2D eigenvalue weighted by atomic mass is 19.5. The molecule has 0 aliphatic heterocycles. The van der Waals surface area contributed by atoms with Gasteiger partial charge in [0.2, 0.25) is 10.8 Å². The van der Waals surface area contributed by atoms with Gasteiger partial charge in [-0.25, -0.2) is 4.39 Å². The van der Waals surface area contributed by atoms with E-state index in [1.807, 2.05) is 0 Å². The second-order valence-corrected chi connectivity index (χ2v) is 7.54. The maximum absolute atomic E-state index is 14.8. The fraction of sp³-hybridized carbons (Fsp3) is 1.00. The first-order chi connectivity index (χ1) is 16.2. The molecule has 1 unspecified atom stereocenters. The van der Waals surface area contributed by atoms with Gasteiger partial charge in [0, 0.05) is 0 Å². The van der Waals surface area contributed by atoms with Crippen molar-refractivity contribution in [3.05, 3.63) is 0 Å². The Labute approximate surface area is 192 Å². The van der Waals surface area contributed by atoms with Crippen molar-refractivity contribution in [2.24, 2.45) is 16.2 Å². The molecule has 0 aromatic carbocycles. The van der Waals surface area contributed by atoms with Crippen molar-refractivity contribution in [1.29, 1.82) is 0 Å². The van der Waals surface area contributed by atoms with Gasteiger partial charge < -0.3 is 0 Å². The van der Waals surface area contributed by atoms with E-state index in [2.05, 4.69) is 0 Å². The Bertz CT molecular complexity index is 894. The van der Waals surface area contributed by atoms with Crippen LogP contribution < -0.4 is 0 Å². The summed E-state index contributed by atoms with van der Waals surface area (Å²) in [5, 5.41) is 0. The molecule has 0 saturated heterocycles. The fourth-order valence-corrected chi connectivity index (χ4v) is 4.78. The summed E-state index contributed by atoms with van der Waals surface area (Å²) in [6.45, 7) is 0. The molecule has 0 aromatic rings. The Hall–Kier alpha value is -1.82. The molecular weight excluding hydrogens is 650 g/mol. The second kappa shape index (κ2) is 7.72. The lowest BCUT2D eigenvalue weighted by molar-refractivity contribution is -0.633. The summed E-state index contributed by atoms with van der Waals surface area (Å²) in [5.74, 6) is -20.1. The summed E-state index contributed by atoms with van der Waals surface area (Å²) in [7, 11) is 0. The van der Waals surface area contributed by atoms with E-state index < -0.39 is 77.0 Å². The van der Waals surface area contributed by atoms with Gasteiger partial charge in [0.15, 0.2) is 0 Å². The average molecular weight is 650 g/mol. The minimum absolute atomic E-state index is 9.52. The van der Waals surface area contributed by atoms with Crippen LogP contribution in [0.4, 0.5) is 114 Å². The lowest BCUT2D eigenvalue weighted by atomic mass is 9.36. The van der Waals surface area contributed by atoms with Crippen LogP contribution in [0.2, 0.25) is 0 Å². The first-order valence-electron chi connectivity index (χ1n) is 8.16. The van der Waals surface area contributed by atoms with Gasteiger partial charge in [-0.3, -0.25) is 0 Å². The fourth-order valence-electron chi connectivity index (χ4n) is 4.78. The third-order valence-corrected chi connectivity index (χ3v) is 5.88. The molecule has 0 aromatic heterocycles. The Kier molecular flexibility index (Phi) is 6.97. The molecule has 0 bridgehead atoms. The standard InChI is InChI=1S/C13F26/c14-4(13(37,38)39)2(9(25,26)27,10(28,29)30)1(7(19,20)21,8(22,23)24)3(11(31,32)33,12(34,35)36)5(15,16)6(4,17)18. The van der Waals surface area contributed by atoms with Gasteiger partial charge in [-0.1, -0.05) is 0 Å². The minimum Gasteiger partial charge on any atom is -0.225 e. The van der Waals surface area contributed by atoms with Gasteiger partial charge in [-0.2, -0.15) is 110 Å². The molecule has 0 N–H and O–H groups in total. The molecular formula is C13F26. The van der Waals surface area contributed by atoms with Gasteiger partial charge in [-0.15, -0.1) is 0 Å². The zero-order valence-corrected chi connectivity index (χ0v) is 16.3. The van der Waals surface area contributed by atoms with Crippen LogP contribution in [0.1, 0.15) is 0 Å². The molecule has 0 radical (unpaired) electrons. The van der Waals surface area contributed by atoms with E-state index in [-0.39, 0.29) is 0 Å². The van der Waals surface area contributed by atoms with Crippen molar-refractivity contribution in [3.8, 4) is 0 Å². The highest BCUT2D eigenvalue weighted by Gasteiger charge is 3.20. The third kappa shape index (κ3) is 3.19. The summed E-state index contributed by atoms with van der Waals surface area (Å²) in [6, 6.07) is 0. The first kappa shape index (κ1) is 35.2. The summed E-state index contributed by atoms with van der Waals surface area (Å²) in [4.78, 5) is 0. The van der Waals surface area contributed by atoms with Crippen molar-refractivity contribution in [2.75, 3.05) is 0 Å². The molecule has 1 aliphatic rings. The average Bonchev–Trinajstić information content (AvgIpc) is 2.51. The predicted octanol–water partition coefficient (Wildman–Crippen LogP) is 8.87. The lowest BCUT2D eigenvalue weighted by Gasteiger charge is -2.69. The zero-order valence-electron chi connectivity index (χ0n) is 16.3. The first-order valence-corrected chi connectivity index (χ1v) is 8.16. The van der Waals surface area contributed by atoms with E-state index >= 15 is 0 Å². The van der Waals surface area contributed by atoms with Crippen LogP contribution in [0.3, 0.4) is 0 Å². The Balaban J connectivity index is 5.56. The van der Waals surface area contributed by atoms with Crippen LogP contribution in [-0.4, -0.2) is 60.7 Å². The second-order valence-electron chi connectivity index (χ2n) is 7.54. The minimum atomic E-state index is -10.9. The summed E-state index contributed by atoms with van der Waals surface area (Å²) in [6.07, 6.45) is -69.2. The van der Waals surface area contributed by atoms with Crippen LogP contribution in [0.5, 0.6) is 0 Å². The Morgan fingerprint density at radius 3 is 0.590 bits per heavy atom. The Morgan fingerprint density at radius 1 is 0.231 bits per heavy atom. The monoisotopic (exact) mass is 650 g/mol. The predicted molar refractivity (Wildman–Crippen MR) is 63.4 cm³/mol. The van der Waals surface area contributed by atoms with E-state index in [0.29, 0.717) is 0 Å². The van der Waals surface area contributed by atoms with E-state index in [0.717, 1.165) is 0 Å². The number of alkyl halides is 26. The lowest BCUT2D eigenvalue weighted by Crippen LogP contribution is -2.98. The maximum Gasteiger partial charge on any atom is 0.430 e. The topological polar surface area (TPSA) is 0 Å². The van der Waals surface area contributed by atoms with Crippen molar-refractivity contribution in [1.82, 2.24) is 0 Å². The number of rotatable bonds is 0.